The van der Waals surface area contributed by atoms with Crippen LogP contribution in [0.25, 0.3) is 0 Å². The summed E-state index contributed by atoms with van der Waals surface area (Å²) < 4.78 is 28.5. The summed E-state index contributed by atoms with van der Waals surface area (Å²) in [7, 11) is 0. The summed E-state index contributed by atoms with van der Waals surface area (Å²) in [6.45, 7) is 9.34. The van der Waals surface area contributed by atoms with Crippen molar-refractivity contribution in [2.45, 2.75) is 45.1 Å². The minimum Gasteiger partial charge on any atom is -0.372 e. The first-order valence-corrected chi connectivity index (χ1v) is 6.94. The van der Waals surface area contributed by atoms with E-state index >= 15 is 0 Å². The molecule has 1 aliphatic heterocycles. The highest BCUT2D eigenvalue weighted by molar-refractivity contribution is 5.79. The van der Waals surface area contributed by atoms with Gasteiger partial charge in [0.1, 0.15) is 11.5 Å². The molecular weight excluding hydrogens is 274 g/mol. The lowest BCUT2D eigenvalue weighted by Gasteiger charge is -2.28. The molecule has 1 saturated heterocycles. The summed E-state index contributed by atoms with van der Waals surface area (Å²) >= 11 is 0. The van der Waals surface area contributed by atoms with Crippen molar-refractivity contribution in [1.82, 2.24) is 5.32 Å². The number of halogens is 2. The van der Waals surface area contributed by atoms with Gasteiger partial charge in [0.05, 0.1) is 6.04 Å². The van der Waals surface area contributed by atoms with Gasteiger partial charge in [0.2, 0.25) is 5.91 Å². The van der Waals surface area contributed by atoms with Crippen molar-refractivity contribution in [3.63, 3.8) is 0 Å². The molecule has 3 nitrogen and oxygen atoms in total. The third kappa shape index (κ3) is 3.23. The molecule has 1 atom stereocenters. The number of carbonyl (C=O) groups excluding carboxylic acids is 1. The Morgan fingerprint density at radius 3 is 2.57 bits per heavy atom. The number of hydrogen-bond donors (Lipinski definition) is 2. The molecule has 1 unspecified atom stereocenters. The summed E-state index contributed by atoms with van der Waals surface area (Å²) in [5.41, 5.74) is 0.291. The lowest BCUT2D eigenvalue weighted by Crippen LogP contribution is -2.39. The normalized spacial score (nSPS) is 19.4. The second kappa shape index (κ2) is 5.47. The van der Waals surface area contributed by atoms with E-state index in [-0.39, 0.29) is 17.6 Å². The van der Waals surface area contributed by atoms with Crippen molar-refractivity contribution in [3.05, 3.63) is 41.6 Å². The number of benzene rings is 1. The Bertz CT molecular complexity index is 591. The van der Waals surface area contributed by atoms with Gasteiger partial charge in [0.25, 0.3) is 0 Å². The SMILES string of the molecule is C=C1NC(=O)CCC1Nc1c(F)ccc(C(C)(C)C)c1F. The van der Waals surface area contributed by atoms with Crippen molar-refractivity contribution in [1.29, 1.82) is 0 Å². The third-order valence-corrected chi connectivity index (χ3v) is 3.60. The maximum absolute atomic E-state index is 14.6. The van der Waals surface area contributed by atoms with Gasteiger partial charge in [0.15, 0.2) is 5.82 Å². The Morgan fingerprint density at radius 1 is 1.33 bits per heavy atom. The highest BCUT2D eigenvalue weighted by Gasteiger charge is 2.27. The molecule has 0 bridgehead atoms. The van der Waals surface area contributed by atoms with Crippen LogP contribution in [0.2, 0.25) is 0 Å². The second-order valence-electron chi connectivity index (χ2n) is 6.34. The van der Waals surface area contributed by atoms with Crippen LogP contribution in [-0.2, 0) is 10.2 Å². The van der Waals surface area contributed by atoms with Crippen LogP contribution in [0, 0.1) is 11.6 Å². The Labute approximate surface area is 123 Å². The van der Waals surface area contributed by atoms with Crippen LogP contribution >= 0.6 is 0 Å². The smallest absolute Gasteiger partial charge is 0.224 e. The first kappa shape index (κ1) is 15.5. The number of piperidine rings is 1. The van der Waals surface area contributed by atoms with Crippen molar-refractivity contribution < 1.29 is 13.6 Å². The van der Waals surface area contributed by atoms with Crippen LogP contribution in [0.4, 0.5) is 14.5 Å². The van der Waals surface area contributed by atoms with Gasteiger partial charge in [-0.1, -0.05) is 33.4 Å². The van der Waals surface area contributed by atoms with Gasteiger partial charge >= 0.3 is 0 Å². The van der Waals surface area contributed by atoms with E-state index in [0.29, 0.717) is 24.1 Å². The summed E-state index contributed by atoms with van der Waals surface area (Å²) in [6.07, 6.45) is 0.766. The van der Waals surface area contributed by atoms with E-state index in [1.165, 1.54) is 12.1 Å². The van der Waals surface area contributed by atoms with Gasteiger partial charge in [-0.2, -0.15) is 0 Å². The third-order valence-electron chi connectivity index (χ3n) is 3.60. The summed E-state index contributed by atoms with van der Waals surface area (Å²) in [6, 6.07) is 2.35. The molecule has 0 saturated carbocycles. The van der Waals surface area contributed by atoms with Crippen LogP contribution in [0.1, 0.15) is 39.2 Å². The largest absolute Gasteiger partial charge is 0.372 e. The van der Waals surface area contributed by atoms with E-state index in [4.69, 9.17) is 0 Å². The van der Waals surface area contributed by atoms with E-state index in [1.807, 2.05) is 20.8 Å². The predicted molar refractivity (Wildman–Crippen MR) is 79.0 cm³/mol. The number of hydrogen-bond acceptors (Lipinski definition) is 2. The molecule has 1 heterocycles. The zero-order chi connectivity index (χ0) is 15.8. The van der Waals surface area contributed by atoms with Crippen molar-refractivity contribution in [3.8, 4) is 0 Å². The van der Waals surface area contributed by atoms with E-state index in [0.717, 1.165) is 0 Å². The fourth-order valence-electron chi connectivity index (χ4n) is 2.38. The molecule has 0 radical (unpaired) electrons. The topological polar surface area (TPSA) is 41.1 Å². The molecule has 2 N–H and O–H groups in total. The molecule has 0 aliphatic carbocycles. The molecular formula is C16H20F2N2O. The Kier molecular flexibility index (Phi) is 4.03. The lowest BCUT2D eigenvalue weighted by atomic mass is 9.86. The number of nitrogens with one attached hydrogen (secondary N) is 2. The average Bonchev–Trinajstić information content (AvgIpc) is 2.35. The fourth-order valence-corrected chi connectivity index (χ4v) is 2.38. The molecule has 0 aromatic heterocycles. The lowest BCUT2D eigenvalue weighted by molar-refractivity contribution is -0.121. The first-order valence-electron chi connectivity index (χ1n) is 6.94. The molecule has 2 rings (SSSR count). The minimum atomic E-state index is -0.648. The minimum absolute atomic E-state index is 0.123. The molecule has 1 aliphatic rings. The zero-order valence-electron chi connectivity index (χ0n) is 12.5. The number of rotatable bonds is 2. The van der Waals surface area contributed by atoms with Crippen LogP contribution in [0.15, 0.2) is 24.4 Å². The number of anilines is 1. The molecule has 1 fully saturated rings. The Balaban J connectivity index is 2.32. The van der Waals surface area contributed by atoms with E-state index in [1.54, 1.807) is 0 Å². The number of amides is 1. The molecule has 5 heteroatoms. The highest BCUT2D eigenvalue weighted by Crippen LogP contribution is 2.32. The van der Waals surface area contributed by atoms with Crippen LogP contribution in [-0.4, -0.2) is 11.9 Å². The highest BCUT2D eigenvalue weighted by atomic mass is 19.1. The van der Waals surface area contributed by atoms with Gasteiger partial charge < -0.3 is 10.6 Å². The maximum Gasteiger partial charge on any atom is 0.224 e. The summed E-state index contributed by atoms with van der Waals surface area (Å²) in [4.78, 5) is 11.2. The van der Waals surface area contributed by atoms with E-state index in [2.05, 4.69) is 17.2 Å². The van der Waals surface area contributed by atoms with Crippen molar-refractivity contribution >= 4 is 11.6 Å². The predicted octanol–water partition coefficient (Wildman–Crippen LogP) is 3.47. The molecule has 1 amide bonds. The quantitative estimate of drug-likeness (QED) is 0.877. The van der Waals surface area contributed by atoms with Crippen molar-refractivity contribution in [2.24, 2.45) is 0 Å². The second-order valence-corrected chi connectivity index (χ2v) is 6.34. The van der Waals surface area contributed by atoms with E-state index < -0.39 is 17.0 Å². The van der Waals surface area contributed by atoms with Crippen molar-refractivity contribution in [2.75, 3.05) is 5.32 Å². The number of carbonyl (C=O) groups is 1. The summed E-state index contributed by atoms with van der Waals surface area (Å²) in [5, 5.41) is 5.43. The standard InChI is InChI=1S/C16H20F2N2O/c1-9-12(7-8-13(21)19-9)20-15-11(17)6-5-10(14(15)18)16(2,3)4/h5-6,12,20H,1,7-8H2,2-4H3,(H,19,21). The molecule has 0 spiro atoms. The molecule has 21 heavy (non-hydrogen) atoms. The van der Waals surface area contributed by atoms with Gasteiger partial charge in [-0.15, -0.1) is 0 Å². The van der Waals surface area contributed by atoms with Gasteiger partial charge in [0, 0.05) is 12.1 Å². The average molecular weight is 294 g/mol. The zero-order valence-corrected chi connectivity index (χ0v) is 12.5. The molecule has 1 aromatic rings. The van der Waals surface area contributed by atoms with Gasteiger partial charge in [-0.05, 0) is 23.5 Å². The Morgan fingerprint density at radius 2 is 2.00 bits per heavy atom. The molecule has 114 valence electrons. The summed E-state index contributed by atoms with van der Waals surface area (Å²) in [5.74, 6) is -1.36. The van der Waals surface area contributed by atoms with Crippen LogP contribution in [0.3, 0.4) is 0 Å². The molecule has 1 aromatic carbocycles. The maximum atomic E-state index is 14.6. The monoisotopic (exact) mass is 294 g/mol. The van der Waals surface area contributed by atoms with Gasteiger partial charge in [-0.3, -0.25) is 4.79 Å². The van der Waals surface area contributed by atoms with Gasteiger partial charge in [-0.25, -0.2) is 8.78 Å². The van der Waals surface area contributed by atoms with E-state index in [9.17, 15) is 13.6 Å². The van der Waals surface area contributed by atoms with Crippen LogP contribution in [0.5, 0.6) is 0 Å². The fraction of sp³-hybridized carbons (Fsp3) is 0.438. The Hall–Kier alpha value is -1.91. The first-order chi connectivity index (χ1) is 9.70. The van der Waals surface area contributed by atoms with Crippen LogP contribution < -0.4 is 10.6 Å².